The van der Waals surface area contributed by atoms with Gasteiger partial charge in [0.05, 0.1) is 5.69 Å². The third-order valence-corrected chi connectivity index (χ3v) is 17.3. The molecule has 0 amide bonds. The van der Waals surface area contributed by atoms with E-state index in [4.69, 9.17) is 0 Å². The molecule has 2 aliphatic heterocycles. The first-order valence-corrected chi connectivity index (χ1v) is 26.9. The van der Waals surface area contributed by atoms with Crippen molar-refractivity contribution in [3.8, 4) is 0 Å². The van der Waals surface area contributed by atoms with Crippen LogP contribution < -0.4 is 31.1 Å². The highest BCUT2D eigenvalue weighted by Gasteiger charge is 2.49. The smallest absolute Gasteiger partial charge is 0.252 e. The van der Waals surface area contributed by atoms with E-state index in [1.54, 1.807) is 0 Å². The molecule has 2 heterocycles. The van der Waals surface area contributed by atoms with Crippen molar-refractivity contribution in [1.29, 1.82) is 0 Å². The second kappa shape index (κ2) is 15.8. The van der Waals surface area contributed by atoms with Gasteiger partial charge in [0, 0.05) is 45.5 Å². The molecule has 4 heteroatoms. The Morgan fingerprint density at radius 2 is 0.819 bits per heavy atom. The summed E-state index contributed by atoms with van der Waals surface area (Å²) in [5, 5.41) is 0. The van der Waals surface area contributed by atoms with E-state index in [1.165, 1.54) is 89.5 Å². The number of fused-ring (bicyclic) bond motifs is 6. The highest BCUT2D eigenvalue weighted by Crippen LogP contribution is 2.56. The van der Waals surface area contributed by atoms with Gasteiger partial charge in [0.25, 0.3) is 6.71 Å². The molecule has 0 fully saturated rings. The van der Waals surface area contributed by atoms with Gasteiger partial charge < -0.3 is 14.7 Å². The normalized spacial score (nSPS) is 17.8. The van der Waals surface area contributed by atoms with Crippen LogP contribution in [0.25, 0.3) is 0 Å². The quantitative estimate of drug-likeness (QED) is 0.159. The Morgan fingerprint density at radius 3 is 1.38 bits per heavy atom. The van der Waals surface area contributed by atoms with Gasteiger partial charge in [-0.2, -0.15) is 0 Å². The largest absolute Gasteiger partial charge is 0.311 e. The molecule has 368 valence electrons. The fraction of sp³-hybridized carbons (Fsp3) is 0.382. The molecule has 3 nitrogen and oxygen atoms in total. The molecule has 4 aliphatic rings. The lowest BCUT2D eigenvalue weighted by molar-refractivity contribution is 0.403. The number of benzene rings is 7. The molecule has 7 aromatic rings. The summed E-state index contributed by atoms with van der Waals surface area (Å²) in [4.78, 5) is 7.80. The van der Waals surface area contributed by atoms with E-state index in [2.05, 4.69) is 272 Å². The summed E-state index contributed by atoms with van der Waals surface area (Å²) < 4.78 is 0. The second-order valence-corrected chi connectivity index (χ2v) is 27.9. The lowest BCUT2D eigenvalue weighted by atomic mass is 9.33. The minimum atomic E-state index is -0.0433. The Morgan fingerprint density at radius 1 is 0.375 bits per heavy atom. The zero-order valence-electron chi connectivity index (χ0n) is 46.6. The Balaban J connectivity index is 1.29. The molecular weight excluding hydrogens is 870 g/mol. The van der Waals surface area contributed by atoms with Crippen LogP contribution in [0.5, 0.6) is 0 Å². The first-order chi connectivity index (χ1) is 33.5. The lowest BCUT2D eigenvalue weighted by Crippen LogP contribution is -2.61. The van der Waals surface area contributed by atoms with Gasteiger partial charge in [0.2, 0.25) is 0 Å². The Bertz CT molecular complexity index is 3290. The van der Waals surface area contributed by atoms with Crippen LogP contribution in [-0.4, -0.2) is 6.71 Å². The summed E-state index contributed by atoms with van der Waals surface area (Å²) in [6.45, 7) is 40.6. The van der Waals surface area contributed by atoms with E-state index in [9.17, 15) is 0 Å². The summed E-state index contributed by atoms with van der Waals surface area (Å²) >= 11 is 0. The molecular formula is C68H78BN3. The zero-order valence-corrected chi connectivity index (χ0v) is 46.6. The Labute approximate surface area is 433 Å². The van der Waals surface area contributed by atoms with Gasteiger partial charge >= 0.3 is 0 Å². The fourth-order valence-corrected chi connectivity index (χ4v) is 14.0. The summed E-state index contributed by atoms with van der Waals surface area (Å²) in [5.41, 5.74) is 25.0. The summed E-state index contributed by atoms with van der Waals surface area (Å²) in [5.74, 6) is 0. The standard InChI is InChI=1S/C68H78BN3/c1-62(2,3)43-23-28-47(29-24-43)70(46-21-19-18-20-22-46)50-37-59-61-60(38-50)72(49-32-33-51-52(36-49)66(12,13)41-65(51,10)11)58-40-54-53(67(14,15)42-68(54,16)17)39-56(58)69(61)55-35-45(64(7,8)9)27-34-57(55)71(59)48-30-25-44(26-31-48)63(4,5)6/h18-40H,41-42H2,1-17H3. The molecule has 0 N–H and O–H groups in total. The van der Waals surface area contributed by atoms with Crippen molar-refractivity contribution < 1.29 is 0 Å². The molecule has 11 rings (SSSR count). The maximum atomic E-state index is 2.70. The Kier molecular flexibility index (Phi) is 10.6. The average molecular weight is 948 g/mol. The first kappa shape index (κ1) is 48.3. The van der Waals surface area contributed by atoms with E-state index in [-0.39, 0.29) is 44.6 Å². The van der Waals surface area contributed by atoms with Gasteiger partial charge in [-0.25, -0.2) is 0 Å². The predicted octanol–water partition coefficient (Wildman–Crippen LogP) is 17.0. The third kappa shape index (κ3) is 7.67. The lowest BCUT2D eigenvalue weighted by Gasteiger charge is -2.46. The number of para-hydroxylation sites is 1. The van der Waals surface area contributed by atoms with E-state index in [0.29, 0.717) is 0 Å². The molecule has 72 heavy (non-hydrogen) atoms. The molecule has 0 aromatic heterocycles. The molecule has 0 atom stereocenters. The predicted molar refractivity (Wildman–Crippen MR) is 313 cm³/mol. The monoisotopic (exact) mass is 948 g/mol. The van der Waals surface area contributed by atoms with Crippen molar-refractivity contribution >= 4 is 74.3 Å². The topological polar surface area (TPSA) is 9.72 Å². The van der Waals surface area contributed by atoms with Crippen molar-refractivity contribution in [1.82, 2.24) is 0 Å². The van der Waals surface area contributed by atoms with Crippen LogP contribution in [0, 0.1) is 0 Å². The van der Waals surface area contributed by atoms with Crippen molar-refractivity contribution in [2.24, 2.45) is 0 Å². The van der Waals surface area contributed by atoms with Crippen molar-refractivity contribution in [2.45, 2.75) is 168 Å². The van der Waals surface area contributed by atoms with Crippen molar-refractivity contribution in [3.05, 3.63) is 178 Å². The second-order valence-electron chi connectivity index (χ2n) is 27.9. The van der Waals surface area contributed by atoms with E-state index in [1.807, 2.05) is 0 Å². The van der Waals surface area contributed by atoms with E-state index in [0.717, 1.165) is 29.9 Å². The Hall–Kier alpha value is -6.00. The average Bonchev–Trinajstić information content (AvgIpc) is 3.61. The molecule has 0 saturated carbocycles. The molecule has 2 aliphatic carbocycles. The van der Waals surface area contributed by atoms with Crippen LogP contribution in [0.1, 0.15) is 169 Å². The maximum Gasteiger partial charge on any atom is 0.252 e. The van der Waals surface area contributed by atoms with Gasteiger partial charge in [0.15, 0.2) is 0 Å². The molecule has 0 bridgehead atoms. The third-order valence-electron chi connectivity index (χ3n) is 17.3. The molecule has 0 spiro atoms. The van der Waals surface area contributed by atoms with E-state index >= 15 is 0 Å². The molecule has 0 unspecified atom stereocenters. The summed E-state index contributed by atoms with van der Waals surface area (Å²) in [6, 6.07) is 55.1. The fourth-order valence-electron chi connectivity index (χ4n) is 14.0. The number of hydrogen-bond acceptors (Lipinski definition) is 3. The highest BCUT2D eigenvalue weighted by molar-refractivity contribution is 7.00. The van der Waals surface area contributed by atoms with Gasteiger partial charge in [0.1, 0.15) is 0 Å². The zero-order chi connectivity index (χ0) is 51.5. The highest BCUT2D eigenvalue weighted by atomic mass is 15.2. The van der Waals surface area contributed by atoms with Crippen molar-refractivity contribution in [2.75, 3.05) is 14.7 Å². The van der Waals surface area contributed by atoms with Gasteiger partial charge in [-0.1, -0.05) is 184 Å². The minimum Gasteiger partial charge on any atom is -0.311 e. The van der Waals surface area contributed by atoms with Gasteiger partial charge in [-0.3, -0.25) is 0 Å². The van der Waals surface area contributed by atoms with Crippen LogP contribution in [0.4, 0.5) is 51.2 Å². The number of anilines is 9. The van der Waals surface area contributed by atoms with Crippen LogP contribution >= 0.6 is 0 Å². The summed E-state index contributed by atoms with van der Waals surface area (Å²) in [7, 11) is 0. The number of rotatable bonds is 5. The van der Waals surface area contributed by atoms with Crippen LogP contribution in [0.15, 0.2) is 140 Å². The van der Waals surface area contributed by atoms with Crippen molar-refractivity contribution in [3.63, 3.8) is 0 Å². The van der Waals surface area contributed by atoms with Crippen LogP contribution in [-0.2, 0) is 37.9 Å². The molecule has 7 aromatic carbocycles. The number of hydrogen-bond donors (Lipinski definition) is 0. The van der Waals surface area contributed by atoms with E-state index < -0.39 is 0 Å². The minimum absolute atomic E-state index is 0.0106. The SMILES string of the molecule is CC(C)(C)c1ccc(N(c2ccccc2)c2cc3c4c(c2)N(c2ccc5c(c2)C(C)(C)CC5(C)C)c2cc5c(cc2B4c2cc(C(C)(C)C)ccc2N3c2ccc(C(C)(C)C)cc2)C(C)(C)CC5(C)C)cc1. The molecule has 0 saturated heterocycles. The maximum absolute atomic E-state index is 2.70. The molecule has 0 radical (unpaired) electrons. The summed E-state index contributed by atoms with van der Waals surface area (Å²) in [6.07, 6.45) is 2.23. The number of nitrogens with zero attached hydrogens (tertiary/aromatic N) is 3. The first-order valence-electron chi connectivity index (χ1n) is 26.9. The van der Waals surface area contributed by atoms with Crippen LogP contribution in [0.3, 0.4) is 0 Å². The van der Waals surface area contributed by atoms with Crippen LogP contribution in [0.2, 0.25) is 0 Å². The van der Waals surface area contributed by atoms with Gasteiger partial charge in [-0.05, 0) is 179 Å². The van der Waals surface area contributed by atoms with Gasteiger partial charge in [-0.15, -0.1) is 0 Å².